The lowest BCUT2D eigenvalue weighted by atomic mass is 10.2. The maximum Gasteiger partial charge on any atom is 0.573 e. The number of carbonyl (C=O) groups excluding carboxylic acids is 1. The lowest BCUT2D eigenvalue weighted by molar-refractivity contribution is -0.274. The van der Waals surface area contributed by atoms with E-state index in [-0.39, 0.29) is 17.1 Å². The third-order valence-electron chi connectivity index (χ3n) is 4.49. The average Bonchev–Trinajstić information content (AvgIpc) is 3.13. The molecule has 1 aliphatic rings. The Labute approximate surface area is 166 Å². The third kappa shape index (κ3) is 5.07. The van der Waals surface area contributed by atoms with E-state index in [4.69, 9.17) is 0 Å². The van der Waals surface area contributed by atoms with Gasteiger partial charge in [-0.1, -0.05) is 17.7 Å². The molecular weight excluding hydrogens is 409 g/mol. The van der Waals surface area contributed by atoms with Crippen molar-refractivity contribution in [3.05, 3.63) is 54.1 Å². The second kappa shape index (κ2) is 8.03. The summed E-state index contributed by atoms with van der Waals surface area (Å²) in [6, 6.07) is 10.1. The van der Waals surface area contributed by atoms with Crippen LogP contribution in [0.3, 0.4) is 0 Å². The Hall–Kier alpha value is -2.59. The molecule has 1 N–H and O–H groups in total. The highest BCUT2D eigenvalue weighted by Gasteiger charge is 2.39. The Bertz CT molecular complexity index is 974. The van der Waals surface area contributed by atoms with E-state index < -0.39 is 34.1 Å². The quantitative estimate of drug-likeness (QED) is 0.788. The number of carbonyl (C=O) groups is 1. The molecule has 3 rings (SSSR count). The smallest absolute Gasteiger partial charge is 0.406 e. The zero-order valence-corrected chi connectivity index (χ0v) is 16.3. The van der Waals surface area contributed by atoms with Gasteiger partial charge in [0.25, 0.3) is 0 Å². The Morgan fingerprint density at radius 2 is 1.72 bits per heavy atom. The summed E-state index contributed by atoms with van der Waals surface area (Å²) in [6.45, 7) is 2.06. The summed E-state index contributed by atoms with van der Waals surface area (Å²) in [5.41, 5.74) is 1.15. The summed E-state index contributed by atoms with van der Waals surface area (Å²) in [5, 5.41) is 2.55. The molecule has 1 amide bonds. The standard InChI is InChI=1S/C19H19F3N2O4S/c1-13-4-10-16(11-5-13)29(26,27)24-12-2-3-17(24)18(25)23-14-6-8-15(9-7-14)28-19(20,21)22/h4-11,17H,2-3,12H2,1H3,(H,23,25). The molecule has 0 aliphatic carbocycles. The molecule has 0 spiro atoms. The first-order chi connectivity index (χ1) is 13.6. The maximum absolute atomic E-state index is 12.9. The molecule has 29 heavy (non-hydrogen) atoms. The molecule has 0 bridgehead atoms. The molecule has 1 unspecified atom stereocenters. The van der Waals surface area contributed by atoms with Gasteiger partial charge in [0.15, 0.2) is 0 Å². The van der Waals surface area contributed by atoms with Crippen molar-refractivity contribution in [1.82, 2.24) is 4.31 Å². The number of benzene rings is 2. The van der Waals surface area contributed by atoms with Crippen LogP contribution in [-0.2, 0) is 14.8 Å². The van der Waals surface area contributed by atoms with Gasteiger partial charge in [-0.15, -0.1) is 13.2 Å². The largest absolute Gasteiger partial charge is 0.573 e. The topological polar surface area (TPSA) is 75.7 Å². The predicted octanol–water partition coefficient (Wildman–Crippen LogP) is 3.69. The number of ether oxygens (including phenoxy) is 1. The zero-order valence-electron chi connectivity index (χ0n) is 15.4. The summed E-state index contributed by atoms with van der Waals surface area (Å²) in [5.74, 6) is -0.956. The van der Waals surface area contributed by atoms with E-state index in [1.165, 1.54) is 24.3 Å². The van der Waals surface area contributed by atoms with Crippen molar-refractivity contribution in [2.75, 3.05) is 11.9 Å². The molecule has 0 radical (unpaired) electrons. The van der Waals surface area contributed by atoms with Crippen molar-refractivity contribution in [3.63, 3.8) is 0 Å². The number of amides is 1. The Kier molecular flexibility index (Phi) is 5.85. The second-order valence-electron chi connectivity index (χ2n) is 6.65. The monoisotopic (exact) mass is 428 g/mol. The van der Waals surface area contributed by atoms with Crippen molar-refractivity contribution in [1.29, 1.82) is 0 Å². The van der Waals surface area contributed by atoms with Gasteiger partial charge in [-0.3, -0.25) is 4.79 Å². The highest BCUT2D eigenvalue weighted by molar-refractivity contribution is 7.89. The zero-order chi connectivity index (χ0) is 21.2. The summed E-state index contributed by atoms with van der Waals surface area (Å²) in [6.07, 6.45) is -3.92. The fraction of sp³-hybridized carbons (Fsp3) is 0.316. The number of sulfonamides is 1. The summed E-state index contributed by atoms with van der Waals surface area (Å²) >= 11 is 0. The predicted molar refractivity (Wildman–Crippen MR) is 99.8 cm³/mol. The Morgan fingerprint density at radius 3 is 2.31 bits per heavy atom. The molecule has 0 saturated carbocycles. The molecule has 1 heterocycles. The molecule has 2 aromatic rings. The van der Waals surface area contributed by atoms with Gasteiger partial charge in [-0.05, 0) is 56.2 Å². The minimum Gasteiger partial charge on any atom is -0.406 e. The van der Waals surface area contributed by atoms with Crippen molar-refractivity contribution >= 4 is 21.6 Å². The van der Waals surface area contributed by atoms with Crippen LogP contribution in [0.1, 0.15) is 18.4 Å². The van der Waals surface area contributed by atoms with E-state index in [0.717, 1.165) is 22.0 Å². The first kappa shape index (κ1) is 21.1. The van der Waals surface area contributed by atoms with Crippen molar-refractivity contribution in [2.45, 2.75) is 37.1 Å². The van der Waals surface area contributed by atoms with Crippen LogP contribution in [0.5, 0.6) is 5.75 Å². The Balaban J connectivity index is 1.72. The van der Waals surface area contributed by atoms with E-state index in [2.05, 4.69) is 10.1 Å². The number of aryl methyl sites for hydroxylation is 1. The number of nitrogens with one attached hydrogen (secondary N) is 1. The number of halogens is 3. The SMILES string of the molecule is Cc1ccc(S(=O)(=O)N2CCCC2C(=O)Nc2ccc(OC(F)(F)F)cc2)cc1. The number of hydrogen-bond acceptors (Lipinski definition) is 4. The molecule has 2 aromatic carbocycles. The number of nitrogens with zero attached hydrogens (tertiary/aromatic N) is 1. The minimum atomic E-state index is -4.81. The first-order valence-corrected chi connectivity index (χ1v) is 10.3. The average molecular weight is 428 g/mol. The van der Waals surface area contributed by atoms with E-state index >= 15 is 0 Å². The van der Waals surface area contributed by atoms with Gasteiger partial charge >= 0.3 is 6.36 Å². The molecule has 6 nitrogen and oxygen atoms in total. The van der Waals surface area contributed by atoms with Crippen LogP contribution in [0.25, 0.3) is 0 Å². The lowest BCUT2D eigenvalue weighted by Crippen LogP contribution is -2.43. The van der Waals surface area contributed by atoms with E-state index in [1.807, 2.05) is 6.92 Å². The number of alkyl halides is 3. The maximum atomic E-state index is 12.9. The first-order valence-electron chi connectivity index (χ1n) is 8.81. The molecule has 10 heteroatoms. The number of anilines is 1. The molecule has 156 valence electrons. The van der Waals surface area contributed by atoms with Gasteiger partial charge in [-0.2, -0.15) is 4.31 Å². The van der Waals surface area contributed by atoms with Crippen LogP contribution in [0, 0.1) is 6.92 Å². The Morgan fingerprint density at radius 1 is 1.10 bits per heavy atom. The fourth-order valence-corrected chi connectivity index (χ4v) is 4.76. The van der Waals surface area contributed by atoms with Crippen LogP contribution < -0.4 is 10.1 Å². The molecule has 1 atom stereocenters. The van der Waals surface area contributed by atoms with Gasteiger partial charge in [-0.25, -0.2) is 8.42 Å². The molecular formula is C19H19F3N2O4S. The normalized spacial score (nSPS) is 17.9. The van der Waals surface area contributed by atoms with Crippen LogP contribution in [-0.4, -0.2) is 37.6 Å². The van der Waals surface area contributed by atoms with Gasteiger partial charge in [0.2, 0.25) is 15.9 Å². The number of hydrogen-bond donors (Lipinski definition) is 1. The summed E-state index contributed by atoms with van der Waals surface area (Å²) in [4.78, 5) is 12.8. The van der Waals surface area contributed by atoms with E-state index in [1.54, 1.807) is 12.1 Å². The van der Waals surface area contributed by atoms with E-state index in [0.29, 0.717) is 12.8 Å². The van der Waals surface area contributed by atoms with Crippen LogP contribution >= 0.6 is 0 Å². The molecule has 1 fully saturated rings. The van der Waals surface area contributed by atoms with Crippen molar-refractivity contribution in [3.8, 4) is 5.75 Å². The highest BCUT2D eigenvalue weighted by Crippen LogP contribution is 2.28. The van der Waals surface area contributed by atoms with Gasteiger partial charge < -0.3 is 10.1 Å². The van der Waals surface area contributed by atoms with Crippen LogP contribution in [0.2, 0.25) is 0 Å². The minimum absolute atomic E-state index is 0.108. The summed E-state index contributed by atoms with van der Waals surface area (Å²) < 4.78 is 67.4. The molecule has 0 aromatic heterocycles. The number of rotatable bonds is 5. The third-order valence-corrected chi connectivity index (χ3v) is 6.41. The molecule has 1 aliphatic heterocycles. The second-order valence-corrected chi connectivity index (χ2v) is 8.54. The van der Waals surface area contributed by atoms with Gasteiger partial charge in [0, 0.05) is 12.2 Å². The highest BCUT2D eigenvalue weighted by atomic mass is 32.2. The van der Waals surface area contributed by atoms with E-state index in [9.17, 15) is 26.4 Å². The van der Waals surface area contributed by atoms with Crippen LogP contribution in [0.15, 0.2) is 53.4 Å². The lowest BCUT2D eigenvalue weighted by Gasteiger charge is -2.23. The van der Waals surface area contributed by atoms with Crippen molar-refractivity contribution < 1.29 is 31.1 Å². The fourth-order valence-electron chi connectivity index (χ4n) is 3.10. The van der Waals surface area contributed by atoms with Gasteiger partial charge in [0.1, 0.15) is 11.8 Å². The van der Waals surface area contributed by atoms with Crippen LogP contribution in [0.4, 0.5) is 18.9 Å². The summed E-state index contributed by atoms with van der Waals surface area (Å²) in [7, 11) is -3.84. The van der Waals surface area contributed by atoms with Crippen molar-refractivity contribution in [2.24, 2.45) is 0 Å². The molecule has 1 saturated heterocycles. The van der Waals surface area contributed by atoms with Gasteiger partial charge in [0.05, 0.1) is 4.90 Å².